The molecule has 0 aromatic heterocycles. The molecule has 106 valence electrons. The molecule has 2 aromatic carbocycles. The first-order valence-electron chi connectivity index (χ1n) is 6.14. The van der Waals surface area contributed by atoms with Crippen molar-refractivity contribution in [2.24, 2.45) is 0 Å². The summed E-state index contributed by atoms with van der Waals surface area (Å²) in [5.74, 6) is 0.865. The van der Waals surface area contributed by atoms with Crippen LogP contribution >= 0.6 is 23.2 Å². The summed E-state index contributed by atoms with van der Waals surface area (Å²) in [6.07, 6.45) is 1.01. The molecule has 0 bridgehead atoms. The predicted octanol–water partition coefficient (Wildman–Crippen LogP) is 5.28. The van der Waals surface area contributed by atoms with Crippen LogP contribution in [0.1, 0.15) is 24.2 Å². The van der Waals surface area contributed by atoms with E-state index in [0.717, 1.165) is 17.1 Å². The highest BCUT2D eigenvalue weighted by Gasteiger charge is 1.95. The Balaban J connectivity index is 0.000000204. The Labute approximate surface area is 129 Å². The summed E-state index contributed by atoms with van der Waals surface area (Å²) >= 11 is 11.2. The SMILES string of the molecule is CC(C)Oc1ccc(Cl)cc1.O=Cc1ccc(Cl)cc1. The molecule has 0 spiro atoms. The van der Waals surface area contributed by atoms with Crippen LogP contribution in [0.5, 0.6) is 5.75 Å². The highest BCUT2D eigenvalue weighted by Crippen LogP contribution is 2.16. The molecule has 0 saturated heterocycles. The van der Waals surface area contributed by atoms with Crippen LogP contribution in [0, 0.1) is 0 Å². The number of halogens is 2. The molecule has 0 aliphatic carbocycles. The maximum atomic E-state index is 10.1. The zero-order valence-corrected chi connectivity index (χ0v) is 12.9. The molecule has 0 N–H and O–H groups in total. The summed E-state index contributed by atoms with van der Waals surface area (Å²) in [5.41, 5.74) is 0.652. The molecule has 0 fully saturated rings. The molecule has 2 aromatic rings. The molecule has 4 heteroatoms. The fourth-order valence-electron chi connectivity index (χ4n) is 1.33. The number of rotatable bonds is 3. The molecular formula is C16H16Cl2O2. The van der Waals surface area contributed by atoms with Crippen molar-refractivity contribution in [3.63, 3.8) is 0 Å². The first-order valence-corrected chi connectivity index (χ1v) is 6.90. The average molecular weight is 311 g/mol. The number of carbonyl (C=O) groups is 1. The Morgan fingerprint density at radius 1 is 0.900 bits per heavy atom. The van der Waals surface area contributed by atoms with E-state index in [1.807, 2.05) is 38.1 Å². The van der Waals surface area contributed by atoms with Gasteiger partial charge in [0.1, 0.15) is 12.0 Å². The van der Waals surface area contributed by atoms with E-state index in [4.69, 9.17) is 27.9 Å². The van der Waals surface area contributed by atoms with Crippen LogP contribution in [-0.4, -0.2) is 12.4 Å². The molecule has 20 heavy (non-hydrogen) atoms. The minimum Gasteiger partial charge on any atom is -0.491 e. The molecule has 2 rings (SSSR count). The van der Waals surface area contributed by atoms with Gasteiger partial charge in [-0.3, -0.25) is 4.79 Å². The number of aldehydes is 1. The molecule has 2 nitrogen and oxygen atoms in total. The lowest BCUT2D eigenvalue weighted by atomic mass is 10.2. The normalized spacial score (nSPS) is 9.65. The van der Waals surface area contributed by atoms with Crippen molar-refractivity contribution in [2.75, 3.05) is 0 Å². The van der Waals surface area contributed by atoms with Crippen LogP contribution in [0.15, 0.2) is 48.5 Å². The Kier molecular flexibility index (Phi) is 7.13. The lowest BCUT2D eigenvalue weighted by Gasteiger charge is -2.08. The minimum absolute atomic E-state index is 0.219. The van der Waals surface area contributed by atoms with Crippen LogP contribution in [0.3, 0.4) is 0 Å². The van der Waals surface area contributed by atoms with Gasteiger partial charge in [-0.1, -0.05) is 35.3 Å². The van der Waals surface area contributed by atoms with Crippen LogP contribution in [0.25, 0.3) is 0 Å². The van der Waals surface area contributed by atoms with Gasteiger partial charge in [0.25, 0.3) is 0 Å². The molecule has 0 atom stereocenters. The third-order valence-electron chi connectivity index (χ3n) is 2.19. The number of ether oxygens (including phenoxy) is 1. The highest BCUT2D eigenvalue weighted by atomic mass is 35.5. The monoisotopic (exact) mass is 310 g/mol. The van der Waals surface area contributed by atoms with Gasteiger partial charge in [-0.05, 0) is 50.2 Å². The molecule has 0 aliphatic rings. The Hall–Kier alpha value is -1.51. The number of hydrogen-bond donors (Lipinski definition) is 0. The first kappa shape index (κ1) is 16.5. The van der Waals surface area contributed by atoms with Crippen molar-refractivity contribution in [2.45, 2.75) is 20.0 Å². The van der Waals surface area contributed by atoms with E-state index in [-0.39, 0.29) is 6.10 Å². The van der Waals surface area contributed by atoms with Gasteiger partial charge >= 0.3 is 0 Å². The third kappa shape index (κ3) is 6.60. The van der Waals surface area contributed by atoms with Crippen LogP contribution in [-0.2, 0) is 0 Å². The second kappa shape index (κ2) is 8.62. The van der Waals surface area contributed by atoms with Crippen LogP contribution < -0.4 is 4.74 Å². The fourth-order valence-corrected chi connectivity index (χ4v) is 1.58. The first-order chi connectivity index (χ1) is 9.51. The maximum absolute atomic E-state index is 10.1. The minimum atomic E-state index is 0.219. The zero-order chi connectivity index (χ0) is 15.0. The lowest BCUT2D eigenvalue weighted by molar-refractivity contribution is 0.112. The maximum Gasteiger partial charge on any atom is 0.150 e. The van der Waals surface area contributed by atoms with Gasteiger partial charge in [0, 0.05) is 15.6 Å². The Morgan fingerprint density at radius 3 is 1.75 bits per heavy atom. The molecule has 0 heterocycles. The van der Waals surface area contributed by atoms with Crippen molar-refractivity contribution in [1.82, 2.24) is 0 Å². The van der Waals surface area contributed by atoms with Gasteiger partial charge in [-0.2, -0.15) is 0 Å². The molecule has 0 amide bonds. The van der Waals surface area contributed by atoms with Gasteiger partial charge < -0.3 is 4.74 Å². The van der Waals surface area contributed by atoms with E-state index in [2.05, 4.69) is 0 Å². The van der Waals surface area contributed by atoms with E-state index in [0.29, 0.717) is 10.6 Å². The molecule has 0 saturated carbocycles. The van der Waals surface area contributed by atoms with Crippen molar-refractivity contribution in [1.29, 1.82) is 0 Å². The number of hydrogen-bond acceptors (Lipinski definition) is 2. The second-order valence-corrected chi connectivity index (χ2v) is 5.16. The van der Waals surface area contributed by atoms with Gasteiger partial charge in [-0.25, -0.2) is 0 Å². The van der Waals surface area contributed by atoms with Crippen molar-refractivity contribution in [3.8, 4) is 5.75 Å². The summed E-state index contributed by atoms with van der Waals surface area (Å²) in [6.45, 7) is 3.99. The predicted molar refractivity (Wildman–Crippen MR) is 84.1 cm³/mol. The molecule has 0 radical (unpaired) electrons. The molecular weight excluding hydrogens is 295 g/mol. The smallest absolute Gasteiger partial charge is 0.150 e. The van der Waals surface area contributed by atoms with E-state index < -0.39 is 0 Å². The lowest BCUT2D eigenvalue weighted by Crippen LogP contribution is -2.04. The quantitative estimate of drug-likeness (QED) is 0.721. The second-order valence-electron chi connectivity index (χ2n) is 4.29. The molecule has 0 unspecified atom stereocenters. The van der Waals surface area contributed by atoms with E-state index >= 15 is 0 Å². The van der Waals surface area contributed by atoms with E-state index in [9.17, 15) is 4.79 Å². The van der Waals surface area contributed by atoms with Gasteiger partial charge in [-0.15, -0.1) is 0 Å². The topological polar surface area (TPSA) is 26.3 Å². The van der Waals surface area contributed by atoms with Crippen molar-refractivity contribution in [3.05, 3.63) is 64.1 Å². The molecule has 0 aliphatic heterocycles. The number of carbonyl (C=O) groups excluding carboxylic acids is 1. The van der Waals surface area contributed by atoms with Crippen molar-refractivity contribution < 1.29 is 9.53 Å². The largest absolute Gasteiger partial charge is 0.491 e. The van der Waals surface area contributed by atoms with Gasteiger partial charge in [0.15, 0.2) is 0 Å². The summed E-state index contributed by atoms with van der Waals surface area (Å²) in [5, 5.41) is 1.39. The standard InChI is InChI=1S/C9H11ClO.C7H5ClO/c1-7(2)11-9-5-3-8(10)4-6-9;8-7-3-1-6(5-9)2-4-7/h3-7H,1-2H3;1-5H. The zero-order valence-electron chi connectivity index (χ0n) is 11.3. The van der Waals surface area contributed by atoms with E-state index in [1.165, 1.54) is 0 Å². The van der Waals surface area contributed by atoms with Crippen molar-refractivity contribution >= 4 is 29.5 Å². The van der Waals surface area contributed by atoms with Crippen LogP contribution in [0.4, 0.5) is 0 Å². The Bertz CT molecular complexity index is 519. The average Bonchev–Trinajstić information content (AvgIpc) is 2.43. The van der Waals surface area contributed by atoms with E-state index in [1.54, 1.807) is 24.3 Å². The van der Waals surface area contributed by atoms with Gasteiger partial charge in [0.05, 0.1) is 6.10 Å². The number of benzene rings is 2. The summed E-state index contributed by atoms with van der Waals surface area (Å²) in [7, 11) is 0. The highest BCUT2D eigenvalue weighted by molar-refractivity contribution is 6.30. The fraction of sp³-hybridized carbons (Fsp3) is 0.188. The summed E-state index contributed by atoms with van der Waals surface area (Å²) in [6, 6.07) is 14.1. The third-order valence-corrected chi connectivity index (χ3v) is 2.70. The van der Waals surface area contributed by atoms with Crippen LogP contribution in [0.2, 0.25) is 10.0 Å². The Morgan fingerprint density at radius 2 is 1.35 bits per heavy atom. The summed E-state index contributed by atoms with van der Waals surface area (Å²) in [4.78, 5) is 10.1. The van der Waals surface area contributed by atoms with Gasteiger partial charge in [0.2, 0.25) is 0 Å². The summed E-state index contributed by atoms with van der Waals surface area (Å²) < 4.78 is 5.41.